The van der Waals surface area contributed by atoms with Gasteiger partial charge in [-0.2, -0.15) is 0 Å². The van der Waals surface area contributed by atoms with E-state index in [0.717, 1.165) is 35.8 Å². The third-order valence-corrected chi connectivity index (χ3v) is 4.72. The molecule has 1 unspecified atom stereocenters. The van der Waals surface area contributed by atoms with E-state index in [9.17, 15) is 4.79 Å². The molecule has 1 atom stereocenters. The number of nitrogens with zero attached hydrogens (tertiary/aromatic N) is 4. The minimum atomic E-state index is -0.486. The number of nitrogens with one attached hydrogen (secondary N) is 1. The lowest BCUT2D eigenvalue weighted by molar-refractivity contribution is 0.0198. The van der Waals surface area contributed by atoms with Gasteiger partial charge in [0.2, 0.25) is 0 Å². The van der Waals surface area contributed by atoms with Crippen LogP contribution >= 0.6 is 0 Å². The standard InChI is InChI=1S/C19H23N5O2/c1-19(2,3)26-18(25)24-10-4-5-12(11-24)13-6-8-21-17-15(13)14-7-9-20-16(14)22-23-17/h6-9,12H,4-5,10-11H2,1-3H3,(H,20,22). The van der Waals surface area contributed by atoms with E-state index >= 15 is 0 Å². The fraction of sp³-hybridized carbons (Fsp3) is 0.474. The number of hydrogen-bond donors (Lipinski definition) is 1. The Labute approximate surface area is 151 Å². The quantitative estimate of drug-likeness (QED) is 0.722. The van der Waals surface area contributed by atoms with E-state index in [0.29, 0.717) is 12.2 Å². The summed E-state index contributed by atoms with van der Waals surface area (Å²) in [5, 5.41) is 10.5. The normalized spacial score (nSPS) is 18.4. The molecule has 1 aliphatic heterocycles. The fourth-order valence-electron chi connectivity index (χ4n) is 3.62. The van der Waals surface area contributed by atoms with E-state index in [1.165, 1.54) is 5.56 Å². The average Bonchev–Trinajstić information content (AvgIpc) is 3.09. The van der Waals surface area contributed by atoms with Crippen LogP contribution in [0.15, 0.2) is 24.5 Å². The summed E-state index contributed by atoms with van der Waals surface area (Å²) in [7, 11) is 0. The number of aromatic amines is 1. The molecule has 4 heterocycles. The van der Waals surface area contributed by atoms with Crippen molar-refractivity contribution in [3.05, 3.63) is 30.1 Å². The fourth-order valence-corrected chi connectivity index (χ4v) is 3.62. The summed E-state index contributed by atoms with van der Waals surface area (Å²) in [6, 6.07) is 4.05. The van der Waals surface area contributed by atoms with E-state index in [1.54, 1.807) is 6.20 Å². The number of carbonyl (C=O) groups is 1. The lowest BCUT2D eigenvalue weighted by Crippen LogP contribution is -2.42. The number of hydrogen-bond acceptors (Lipinski definition) is 5. The van der Waals surface area contributed by atoms with E-state index in [2.05, 4.69) is 20.2 Å². The van der Waals surface area contributed by atoms with Gasteiger partial charge in [-0.3, -0.25) is 0 Å². The molecule has 1 N–H and O–H groups in total. The zero-order chi connectivity index (χ0) is 18.3. The lowest BCUT2D eigenvalue weighted by atomic mass is 9.88. The van der Waals surface area contributed by atoms with Crippen molar-refractivity contribution in [3.8, 4) is 0 Å². The summed E-state index contributed by atoms with van der Waals surface area (Å²) in [5.41, 5.74) is 2.08. The molecule has 26 heavy (non-hydrogen) atoms. The Balaban J connectivity index is 1.69. The van der Waals surface area contributed by atoms with Gasteiger partial charge in [-0.15, -0.1) is 10.2 Å². The molecular formula is C19H23N5O2. The molecule has 3 aromatic heterocycles. The zero-order valence-electron chi connectivity index (χ0n) is 15.3. The Morgan fingerprint density at radius 1 is 1.31 bits per heavy atom. The number of aromatic nitrogens is 4. The van der Waals surface area contributed by atoms with Gasteiger partial charge in [-0.1, -0.05) is 0 Å². The molecule has 1 aliphatic rings. The Morgan fingerprint density at radius 2 is 2.15 bits per heavy atom. The molecule has 7 heteroatoms. The number of likely N-dealkylation sites (tertiary alicyclic amines) is 1. The van der Waals surface area contributed by atoms with E-state index in [1.807, 2.05) is 44.0 Å². The lowest BCUT2D eigenvalue weighted by Gasteiger charge is -2.34. The highest BCUT2D eigenvalue weighted by Gasteiger charge is 2.29. The number of ether oxygens (including phenoxy) is 1. The first-order valence-electron chi connectivity index (χ1n) is 8.99. The van der Waals surface area contributed by atoms with Crippen molar-refractivity contribution in [2.24, 2.45) is 0 Å². The molecular weight excluding hydrogens is 330 g/mol. The summed E-state index contributed by atoms with van der Waals surface area (Å²) < 4.78 is 5.55. The first-order valence-corrected chi connectivity index (χ1v) is 8.99. The van der Waals surface area contributed by atoms with Crippen molar-refractivity contribution in [3.63, 3.8) is 0 Å². The van der Waals surface area contributed by atoms with Crippen LogP contribution in [0.25, 0.3) is 22.1 Å². The van der Waals surface area contributed by atoms with Crippen LogP contribution in [0, 0.1) is 0 Å². The van der Waals surface area contributed by atoms with Crippen LogP contribution in [-0.4, -0.2) is 49.8 Å². The van der Waals surface area contributed by atoms with Gasteiger partial charge in [-0.25, -0.2) is 9.78 Å². The summed E-state index contributed by atoms with van der Waals surface area (Å²) in [6.07, 6.45) is 5.36. The molecule has 1 amide bonds. The van der Waals surface area contributed by atoms with Gasteiger partial charge in [0.25, 0.3) is 0 Å². The summed E-state index contributed by atoms with van der Waals surface area (Å²) in [5.74, 6) is 0.226. The minimum absolute atomic E-state index is 0.226. The smallest absolute Gasteiger partial charge is 0.410 e. The highest BCUT2D eigenvalue weighted by Crippen LogP contribution is 2.34. The summed E-state index contributed by atoms with van der Waals surface area (Å²) in [6.45, 7) is 7.05. The predicted octanol–water partition coefficient (Wildman–Crippen LogP) is 3.62. The van der Waals surface area contributed by atoms with Crippen molar-refractivity contribution in [2.45, 2.75) is 45.1 Å². The number of piperidine rings is 1. The van der Waals surface area contributed by atoms with Crippen molar-refractivity contribution < 1.29 is 9.53 Å². The van der Waals surface area contributed by atoms with E-state index in [-0.39, 0.29) is 12.0 Å². The predicted molar refractivity (Wildman–Crippen MR) is 99.0 cm³/mol. The Kier molecular flexibility index (Phi) is 4.01. The number of fused-ring (bicyclic) bond motifs is 3. The number of rotatable bonds is 1. The van der Waals surface area contributed by atoms with E-state index < -0.39 is 5.60 Å². The van der Waals surface area contributed by atoms with Crippen LogP contribution in [0.3, 0.4) is 0 Å². The number of H-pyrrole nitrogens is 1. The second-order valence-corrected chi connectivity index (χ2v) is 7.80. The van der Waals surface area contributed by atoms with Crippen LogP contribution in [0.1, 0.15) is 45.1 Å². The topological polar surface area (TPSA) is 84.0 Å². The largest absolute Gasteiger partial charge is 0.444 e. The molecule has 1 fully saturated rings. The van der Waals surface area contributed by atoms with Gasteiger partial charge in [0.05, 0.1) is 0 Å². The van der Waals surface area contributed by atoms with Crippen molar-refractivity contribution in [1.29, 1.82) is 0 Å². The Bertz CT molecular complexity index is 959. The number of amides is 1. The van der Waals surface area contributed by atoms with Crippen LogP contribution in [0.5, 0.6) is 0 Å². The molecule has 0 spiro atoms. The van der Waals surface area contributed by atoms with Crippen LogP contribution in [0.2, 0.25) is 0 Å². The van der Waals surface area contributed by atoms with Gasteiger partial charge < -0.3 is 14.6 Å². The minimum Gasteiger partial charge on any atom is -0.444 e. The maximum atomic E-state index is 12.5. The van der Waals surface area contributed by atoms with Crippen LogP contribution in [-0.2, 0) is 4.74 Å². The maximum absolute atomic E-state index is 12.5. The third-order valence-electron chi connectivity index (χ3n) is 4.72. The van der Waals surface area contributed by atoms with Gasteiger partial charge in [0.1, 0.15) is 5.60 Å². The van der Waals surface area contributed by atoms with Gasteiger partial charge in [0, 0.05) is 42.2 Å². The maximum Gasteiger partial charge on any atom is 0.410 e. The molecule has 0 radical (unpaired) electrons. The van der Waals surface area contributed by atoms with Crippen molar-refractivity contribution in [1.82, 2.24) is 25.1 Å². The number of pyridine rings is 1. The summed E-state index contributed by atoms with van der Waals surface area (Å²) >= 11 is 0. The van der Waals surface area contributed by atoms with Gasteiger partial charge in [-0.05, 0) is 51.3 Å². The zero-order valence-corrected chi connectivity index (χ0v) is 15.3. The third kappa shape index (κ3) is 3.09. The molecule has 7 nitrogen and oxygen atoms in total. The highest BCUT2D eigenvalue weighted by atomic mass is 16.6. The first kappa shape index (κ1) is 16.8. The second kappa shape index (κ2) is 6.23. The molecule has 3 aromatic rings. The van der Waals surface area contributed by atoms with Crippen LogP contribution in [0.4, 0.5) is 4.79 Å². The van der Waals surface area contributed by atoms with Crippen molar-refractivity contribution in [2.75, 3.05) is 13.1 Å². The number of carbonyl (C=O) groups excluding carboxylic acids is 1. The van der Waals surface area contributed by atoms with Gasteiger partial charge in [0.15, 0.2) is 11.3 Å². The molecule has 0 aromatic carbocycles. The molecule has 4 rings (SSSR count). The first-order chi connectivity index (χ1) is 12.4. The molecule has 0 bridgehead atoms. The molecule has 1 saturated heterocycles. The highest BCUT2D eigenvalue weighted by molar-refractivity contribution is 6.03. The second-order valence-electron chi connectivity index (χ2n) is 7.80. The van der Waals surface area contributed by atoms with E-state index in [4.69, 9.17) is 4.74 Å². The summed E-state index contributed by atoms with van der Waals surface area (Å²) in [4.78, 5) is 21.8. The monoisotopic (exact) mass is 353 g/mol. The molecule has 0 aliphatic carbocycles. The molecule has 0 saturated carbocycles. The molecule has 136 valence electrons. The SMILES string of the molecule is CC(C)(C)OC(=O)N1CCCC(c2ccnc3nnc4[nH]ccc4c23)C1. The average molecular weight is 353 g/mol. The van der Waals surface area contributed by atoms with Crippen LogP contribution < -0.4 is 0 Å². The van der Waals surface area contributed by atoms with Gasteiger partial charge >= 0.3 is 6.09 Å². The van der Waals surface area contributed by atoms with Crippen molar-refractivity contribution >= 4 is 28.2 Å². The Morgan fingerprint density at radius 3 is 2.96 bits per heavy atom. The Hall–Kier alpha value is -2.70.